The molecule has 1 aliphatic carbocycles. The van der Waals surface area contributed by atoms with Gasteiger partial charge in [-0.05, 0) is 19.8 Å². The first-order valence-corrected chi connectivity index (χ1v) is 6.94. The van der Waals surface area contributed by atoms with Crippen molar-refractivity contribution in [1.29, 1.82) is 0 Å². The van der Waals surface area contributed by atoms with E-state index < -0.39 is 0 Å². The monoisotopic (exact) mass is 265 g/mol. The van der Waals surface area contributed by atoms with Crippen LogP contribution in [0, 0.1) is 0 Å². The Labute approximate surface area is 113 Å². The van der Waals surface area contributed by atoms with E-state index in [1.807, 2.05) is 0 Å². The van der Waals surface area contributed by atoms with E-state index in [1.54, 1.807) is 17.7 Å². The molecule has 0 spiro atoms. The van der Waals surface area contributed by atoms with Gasteiger partial charge in [0.1, 0.15) is 0 Å². The molecular weight excluding hydrogens is 242 g/mol. The molecular formula is C14H23N3O2. The minimum Gasteiger partial charge on any atom is -0.306 e. The fourth-order valence-corrected chi connectivity index (χ4v) is 2.76. The van der Waals surface area contributed by atoms with Gasteiger partial charge < -0.3 is 5.32 Å². The number of aromatic nitrogens is 2. The summed E-state index contributed by atoms with van der Waals surface area (Å²) < 4.78 is 2.67. The van der Waals surface area contributed by atoms with Gasteiger partial charge in [0, 0.05) is 37.9 Å². The zero-order chi connectivity index (χ0) is 14.0. The second-order valence-electron chi connectivity index (χ2n) is 5.85. The van der Waals surface area contributed by atoms with Crippen molar-refractivity contribution in [2.45, 2.75) is 51.1 Å². The maximum Gasteiger partial charge on any atom is 0.330 e. The Morgan fingerprint density at radius 2 is 1.79 bits per heavy atom. The van der Waals surface area contributed by atoms with Gasteiger partial charge in [0.15, 0.2) is 0 Å². The fourth-order valence-electron chi connectivity index (χ4n) is 2.76. The highest BCUT2D eigenvalue weighted by Gasteiger charge is 2.26. The predicted molar refractivity (Wildman–Crippen MR) is 75.3 cm³/mol. The van der Waals surface area contributed by atoms with Crippen molar-refractivity contribution in [2.75, 3.05) is 0 Å². The molecule has 0 radical (unpaired) electrons. The van der Waals surface area contributed by atoms with Gasteiger partial charge in [-0.1, -0.05) is 19.3 Å². The summed E-state index contributed by atoms with van der Waals surface area (Å²) in [5.74, 6) is 0. The molecule has 1 aromatic rings. The van der Waals surface area contributed by atoms with Crippen LogP contribution in [0.1, 0.15) is 44.7 Å². The maximum atomic E-state index is 11.8. The quantitative estimate of drug-likeness (QED) is 0.883. The molecule has 0 unspecified atom stereocenters. The molecule has 19 heavy (non-hydrogen) atoms. The third-order valence-corrected chi connectivity index (χ3v) is 4.28. The van der Waals surface area contributed by atoms with Crippen LogP contribution in [0.2, 0.25) is 0 Å². The summed E-state index contributed by atoms with van der Waals surface area (Å²) in [6.07, 6.45) is 6.12. The van der Waals surface area contributed by atoms with Gasteiger partial charge in [-0.2, -0.15) is 0 Å². The van der Waals surface area contributed by atoms with Crippen molar-refractivity contribution >= 4 is 0 Å². The summed E-state index contributed by atoms with van der Waals surface area (Å²) in [5.41, 5.74) is 0.377. The van der Waals surface area contributed by atoms with Crippen molar-refractivity contribution < 1.29 is 0 Å². The van der Waals surface area contributed by atoms with Crippen molar-refractivity contribution in [3.05, 3.63) is 32.6 Å². The van der Waals surface area contributed by atoms with E-state index in [0.717, 1.165) is 23.1 Å². The van der Waals surface area contributed by atoms with Gasteiger partial charge in [-0.25, -0.2) is 4.79 Å². The summed E-state index contributed by atoms with van der Waals surface area (Å²) in [6, 6.07) is 1.54. The van der Waals surface area contributed by atoms with Gasteiger partial charge >= 0.3 is 5.69 Å². The Hall–Kier alpha value is -1.36. The molecule has 5 heteroatoms. The van der Waals surface area contributed by atoms with E-state index in [4.69, 9.17) is 0 Å². The predicted octanol–water partition coefficient (Wildman–Crippen LogP) is 0.896. The molecule has 2 rings (SSSR count). The lowest BCUT2D eigenvalue weighted by atomic mass is 9.83. The third kappa shape index (κ3) is 2.97. The van der Waals surface area contributed by atoms with Crippen LogP contribution < -0.4 is 16.6 Å². The van der Waals surface area contributed by atoms with Gasteiger partial charge in [-0.3, -0.25) is 13.9 Å². The number of nitrogens with one attached hydrogen (secondary N) is 1. The summed E-state index contributed by atoms with van der Waals surface area (Å²) in [6.45, 7) is 2.80. The van der Waals surface area contributed by atoms with Crippen LogP contribution >= 0.6 is 0 Å². The van der Waals surface area contributed by atoms with E-state index in [1.165, 1.54) is 26.3 Å². The number of rotatable bonds is 3. The Kier molecular flexibility index (Phi) is 3.94. The molecule has 0 aliphatic heterocycles. The highest BCUT2D eigenvalue weighted by molar-refractivity contribution is 5.03. The average Bonchev–Trinajstić information content (AvgIpc) is 2.40. The van der Waals surface area contributed by atoms with E-state index >= 15 is 0 Å². The summed E-state index contributed by atoms with van der Waals surface area (Å²) in [4.78, 5) is 23.5. The second kappa shape index (κ2) is 5.33. The van der Waals surface area contributed by atoms with Crippen LogP contribution in [0.3, 0.4) is 0 Å². The van der Waals surface area contributed by atoms with Crippen LogP contribution in [-0.2, 0) is 20.6 Å². The molecule has 0 bridgehead atoms. The van der Waals surface area contributed by atoms with Crippen molar-refractivity contribution in [3.8, 4) is 0 Å². The average molecular weight is 265 g/mol. The Morgan fingerprint density at radius 1 is 1.16 bits per heavy atom. The lowest BCUT2D eigenvalue weighted by Gasteiger charge is -2.35. The number of nitrogens with zero attached hydrogens (tertiary/aromatic N) is 2. The van der Waals surface area contributed by atoms with Crippen LogP contribution in [0.15, 0.2) is 15.7 Å². The topological polar surface area (TPSA) is 56.0 Å². The Morgan fingerprint density at radius 3 is 2.42 bits per heavy atom. The molecule has 1 aliphatic rings. The van der Waals surface area contributed by atoms with Gasteiger partial charge in [0.2, 0.25) is 0 Å². The van der Waals surface area contributed by atoms with Crippen LogP contribution in [0.5, 0.6) is 0 Å². The highest BCUT2D eigenvalue weighted by atomic mass is 16.2. The lowest BCUT2D eigenvalue weighted by Crippen LogP contribution is -2.45. The molecule has 106 valence electrons. The summed E-state index contributed by atoms with van der Waals surface area (Å²) in [7, 11) is 3.21. The molecule has 1 heterocycles. The Bertz CT molecular complexity index is 565. The SMILES string of the molecule is Cn1c(CNC2(C)CCCCC2)cc(=O)n(C)c1=O. The first-order chi connectivity index (χ1) is 8.93. The molecule has 0 atom stereocenters. The molecule has 0 amide bonds. The van der Waals surface area contributed by atoms with E-state index in [2.05, 4.69) is 12.2 Å². The first-order valence-electron chi connectivity index (χ1n) is 6.94. The molecule has 1 saturated carbocycles. The molecule has 1 aromatic heterocycles. The van der Waals surface area contributed by atoms with Gasteiger partial charge in [0.05, 0.1) is 0 Å². The molecule has 5 nitrogen and oxygen atoms in total. The van der Waals surface area contributed by atoms with Crippen LogP contribution in [-0.4, -0.2) is 14.7 Å². The van der Waals surface area contributed by atoms with Crippen molar-refractivity contribution in [1.82, 2.24) is 14.5 Å². The minimum absolute atomic E-state index is 0.134. The first kappa shape index (κ1) is 14.1. The van der Waals surface area contributed by atoms with E-state index in [0.29, 0.717) is 6.54 Å². The minimum atomic E-state index is -0.266. The zero-order valence-electron chi connectivity index (χ0n) is 12.0. The lowest BCUT2D eigenvalue weighted by molar-refractivity contribution is 0.250. The molecule has 0 saturated heterocycles. The van der Waals surface area contributed by atoms with Gasteiger partial charge in [-0.15, -0.1) is 0 Å². The van der Waals surface area contributed by atoms with E-state index in [-0.39, 0.29) is 16.8 Å². The van der Waals surface area contributed by atoms with Crippen LogP contribution in [0.4, 0.5) is 0 Å². The molecule has 1 N–H and O–H groups in total. The van der Waals surface area contributed by atoms with Crippen molar-refractivity contribution in [3.63, 3.8) is 0 Å². The van der Waals surface area contributed by atoms with Crippen LogP contribution in [0.25, 0.3) is 0 Å². The maximum absolute atomic E-state index is 11.8. The second-order valence-corrected chi connectivity index (χ2v) is 5.85. The zero-order valence-corrected chi connectivity index (χ0v) is 12.0. The third-order valence-electron chi connectivity index (χ3n) is 4.28. The summed E-state index contributed by atoms with van der Waals surface area (Å²) in [5, 5.41) is 3.52. The largest absolute Gasteiger partial charge is 0.330 e. The normalized spacial score (nSPS) is 18.5. The number of hydrogen-bond acceptors (Lipinski definition) is 3. The number of hydrogen-bond donors (Lipinski definition) is 1. The molecule has 1 fully saturated rings. The van der Waals surface area contributed by atoms with Gasteiger partial charge in [0.25, 0.3) is 5.56 Å². The Balaban J connectivity index is 2.16. The molecule has 0 aromatic carbocycles. The summed E-state index contributed by atoms with van der Waals surface area (Å²) >= 11 is 0. The smallest absolute Gasteiger partial charge is 0.306 e. The highest BCUT2D eigenvalue weighted by Crippen LogP contribution is 2.27. The van der Waals surface area contributed by atoms with Crippen molar-refractivity contribution in [2.24, 2.45) is 14.1 Å². The standard InChI is InChI=1S/C14H23N3O2/c1-14(7-5-4-6-8-14)15-10-11-9-12(18)17(3)13(19)16(11)2/h9,15H,4-8,10H2,1-3H3. The fraction of sp³-hybridized carbons (Fsp3) is 0.714. The van der Waals surface area contributed by atoms with E-state index in [9.17, 15) is 9.59 Å².